The number of imidazole rings is 1. The van der Waals surface area contributed by atoms with Crippen LogP contribution >= 0.6 is 11.6 Å². The van der Waals surface area contributed by atoms with Crippen LogP contribution in [0.2, 0.25) is 5.02 Å². The predicted octanol–water partition coefficient (Wildman–Crippen LogP) is 6.86. The molecule has 36 heavy (non-hydrogen) atoms. The summed E-state index contributed by atoms with van der Waals surface area (Å²) in [6.45, 7) is 4.35. The van der Waals surface area contributed by atoms with Crippen molar-refractivity contribution in [3.05, 3.63) is 94.8 Å². The highest BCUT2D eigenvalue weighted by atomic mass is 35.5. The lowest BCUT2D eigenvalue weighted by Gasteiger charge is -2.11. The highest BCUT2D eigenvalue weighted by Gasteiger charge is 2.10. The van der Waals surface area contributed by atoms with Crippen molar-refractivity contribution in [1.29, 1.82) is 0 Å². The van der Waals surface area contributed by atoms with Gasteiger partial charge in [-0.3, -0.25) is 4.79 Å². The molecule has 0 bridgehead atoms. The summed E-state index contributed by atoms with van der Waals surface area (Å²) >= 11 is 5.98. The molecule has 1 aromatic heterocycles. The Labute approximate surface area is 218 Å². The van der Waals surface area contributed by atoms with Gasteiger partial charge in [-0.2, -0.15) is 0 Å². The van der Waals surface area contributed by atoms with Crippen LogP contribution in [0.5, 0.6) is 5.75 Å². The molecule has 0 atom stereocenters. The average molecular weight is 504 g/mol. The molecule has 3 aromatic carbocycles. The van der Waals surface area contributed by atoms with E-state index in [9.17, 15) is 4.79 Å². The molecule has 0 saturated carbocycles. The highest BCUT2D eigenvalue weighted by Crippen LogP contribution is 2.19. The van der Waals surface area contributed by atoms with E-state index in [1.807, 2.05) is 18.2 Å². The van der Waals surface area contributed by atoms with E-state index in [0.29, 0.717) is 23.7 Å². The van der Waals surface area contributed by atoms with Gasteiger partial charge in [0.15, 0.2) is 0 Å². The van der Waals surface area contributed by atoms with Crippen LogP contribution in [0.15, 0.2) is 72.8 Å². The zero-order valence-electron chi connectivity index (χ0n) is 20.9. The molecule has 1 N–H and O–H groups in total. The predicted molar refractivity (Wildman–Crippen MR) is 147 cm³/mol. The highest BCUT2D eigenvalue weighted by molar-refractivity contribution is 6.30. The summed E-state index contributed by atoms with van der Waals surface area (Å²) in [5, 5.41) is 3.55. The number of fused-ring (bicyclic) bond motifs is 1. The van der Waals surface area contributed by atoms with Crippen molar-refractivity contribution >= 4 is 28.5 Å². The normalized spacial score (nSPS) is 11.1. The molecule has 4 rings (SSSR count). The van der Waals surface area contributed by atoms with E-state index < -0.39 is 0 Å². The van der Waals surface area contributed by atoms with Crippen molar-refractivity contribution in [1.82, 2.24) is 14.9 Å². The van der Waals surface area contributed by atoms with Crippen LogP contribution in [0.1, 0.15) is 54.4 Å². The number of benzene rings is 3. The smallest absolute Gasteiger partial charge is 0.251 e. The fourth-order valence-corrected chi connectivity index (χ4v) is 4.51. The molecule has 0 fully saturated rings. The first kappa shape index (κ1) is 25.8. The van der Waals surface area contributed by atoms with Gasteiger partial charge in [0.1, 0.15) is 11.6 Å². The second-order valence-electron chi connectivity index (χ2n) is 8.94. The molecular formula is C30H34ClN3O2. The van der Waals surface area contributed by atoms with Crippen molar-refractivity contribution in [2.75, 3.05) is 13.2 Å². The topological polar surface area (TPSA) is 56.1 Å². The summed E-state index contributed by atoms with van der Waals surface area (Å²) in [6, 6.07) is 23.7. The number of carbonyl (C=O) groups is 1. The second-order valence-corrected chi connectivity index (χ2v) is 9.38. The Hall–Kier alpha value is -3.31. The molecule has 0 spiro atoms. The summed E-state index contributed by atoms with van der Waals surface area (Å²) < 4.78 is 8.30. The van der Waals surface area contributed by atoms with E-state index in [-0.39, 0.29) is 5.91 Å². The molecule has 5 nitrogen and oxygen atoms in total. The Bertz CT molecular complexity index is 1270. The van der Waals surface area contributed by atoms with Gasteiger partial charge in [0.25, 0.3) is 5.91 Å². The van der Waals surface area contributed by atoms with Crippen molar-refractivity contribution in [3.8, 4) is 5.75 Å². The molecule has 0 unspecified atom stereocenters. The van der Waals surface area contributed by atoms with Gasteiger partial charge in [-0.1, -0.05) is 55.3 Å². The number of aryl methyl sites for hydroxylation is 3. The van der Waals surface area contributed by atoms with Crippen LogP contribution in [0.4, 0.5) is 0 Å². The molecule has 0 saturated heterocycles. The third-order valence-corrected chi connectivity index (χ3v) is 6.54. The van der Waals surface area contributed by atoms with E-state index in [0.717, 1.165) is 62.2 Å². The minimum Gasteiger partial charge on any atom is -0.494 e. The fourth-order valence-electron chi connectivity index (χ4n) is 4.32. The Kier molecular flexibility index (Phi) is 9.40. The summed E-state index contributed by atoms with van der Waals surface area (Å²) in [6.07, 6.45) is 5.84. The lowest BCUT2D eigenvalue weighted by molar-refractivity contribution is 0.0953. The van der Waals surface area contributed by atoms with Crippen molar-refractivity contribution in [2.24, 2.45) is 0 Å². The zero-order chi connectivity index (χ0) is 25.2. The molecular weight excluding hydrogens is 470 g/mol. The van der Waals surface area contributed by atoms with Crippen molar-refractivity contribution in [3.63, 3.8) is 0 Å². The maximum absolute atomic E-state index is 12.2. The lowest BCUT2D eigenvalue weighted by Crippen LogP contribution is -2.24. The van der Waals surface area contributed by atoms with Gasteiger partial charge in [0, 0.05) is 30.1 Å². The Morgan fingerprint density at radius 2 is 1.81 bits per heavy atom. The number of amides is 1. The number of unbranched alkanes of at least 4 members (excludes halogenated alkanes) is 2. The van der Waals surface area contributed by atoms with Gasteiger partial charge in [0.05, 0.1) is 17.6 Å². The van der Waals surface area contributed by atoms with Gasteiger partial charge in [-0.05, 0) is 73.7 Å². The first-order valence-electron chi connectivity index (χ1n) is 12.8. The Morgan fingerprint density at radius 1 is 0.972 bits per heavy atom. The van der Waals surface area contributed by atoms with E-state index in [1.54, 1.807) is 24.3 Å². The first-order chi connectivity index (χ1) is 17.6. The summed E-state index contributed by atoms with van der Waals surface area (Å²) in [5.41, 5.74) is 4.13. The zero-order valence-corrected chi connectivity index (χ0v) is 21.6. The molecule has 1 amide bonds. The number of para-hydroxylation sites is 2. The number of halogens is 1. The Balaban J connectivity index is 1.24. The molecule has 6 heteroatoms. The minimum atomic E-state index is -0.0807. The number of ether oxygens (including phenoxy) is 1. The largest absolute Gasteiger partial charge is 0.494 e. The van der Waals surface area contributed by atoms with Crippen molar-refractivity contribution in [2.45, 2.75) is 52.0 Å². The molecule has 0 aliphatic heterocycles. The van der Waals surface area contributed by atoms with Gasteiger partial charge >= 0.3 is 0 Å². The maximum atomic E-state index is 12.2. The first-order valence-corrected chi connectivity index (χ1v) is 13.2. The van der Waals surface area contributed by atoms with Gasteiger partial charge in [0.2, 0.25) is 0 Å². The molecule has 188 valence electrons. The number of aromatic nitrogens is 2. The number of hydrogen-bond acceptors (Lipinski definition) is 3. The third kappa shape index (κ3) is 7.11. The minimum absolute atomic E-state index is 0.0807. The number of nitrogens with zero attached hydrogens (tertiary/aromatic N) is 2. The molecule has 0 aliphatic carbocycles. The van der Waals surface area contributed by atoms with Crippen LogP contribution < -0.4 is 10.1 Å². The van der Waals surface area contributed by atoms with Crippen molar-refractivity contribution < 1.29 is 9.53 Å². The monoisotopic (exact) mass is 503 g/mol. The van der Waals surface area contributed by atoms with Gasteiger partial charge in [-0.15, -0.1) is 0 Å². The standard InChI is InChI=1S/C30H34ClN3O2/c1-2-23-15-17-26(18-16-23)36-21-9-20-34-28-13-6-5-12-27(28)33-29(34)14-4-3-7-19-32-30(35)24-10-8-11-25(31)22-24/h5-6,8,10-13,15-18,22H,2-4,7,9,14,19-21H2,1H3,(H,32,35). The van der Waals surface area contributed by atoms with Crippen LogP contribution in [0.25, 0.3) is 11.0 Å². The SMILES string of the molecule is CCc1ccc(OCCCn2c(CCCCCNC(=O)c3cccc(Cl)c3)nc3ccccc32)cc1. The molecule has 0 radical (unpaired) electrons. The van der Waals surface area contributed by atoms with E-state index in [2.05, 4.69) is 47.1 Å². The average Bonchev–Trinajstić information content (AvgIpc) is 3.26. The van der Waals surface area contributed by atoms with E-state index in [4.69, 9.17) is 21.3 Å². The van der Waals surface area contributed by atoms with E-state index in [1.165, 1.54) is 11.1 Å². The number of rotatable bonds is 13. The summed E-state index contributed by atoms with van der Waals surface area (Å²) in [5.74, 6) is 1.96. The van der Waals surface area contributed by atoms with Gasteiger partial charge in [-0.25, -0.2) is 4.98 Å². The number of nitrogens with one attached hydrogen (secondary N) is 1. The summed E-state index contributed by atoms with van der Waals surface area (Å²) in [7, 11) is 0. The number of carbonyl (C=O) groups excluding carboxylic acids is 1. The number of hydrogen-bond donors (Lipinski definition) is 1. The van der Waals surface area contributed by atoms with Crippen LogP contribution in [0.3, 0.4) is 0 Å². The summed E-state index contributed by atoms with van der Waals surface area (Å²) in [4.78, 5) is 17.1. The van der Waals surface area contributed by atoms with E-state index >= 15 is 0 Å². The lowest BCUT2D eigenvalue weighted by atomic mass is 10.1. The van der Waals surface area contributed by atoms with Crippen LogP contribution in [-0.2, 0) is 19.4 Å². The molecule has 0 aliphatic rings. The third-order valence-electron chi connectivity index (χ3n) is 6.31. The molecule has 1 heterocycles. The van der Waals surface area contributed by atoms with Gasteiger partial charge < -0.3 is 14.6 Å². The second kappa shape index (κ2) is 13.1. The molecule has 4 aromatic rings. The van der Waals surface area contributed by atoms with Crippen LogP contribution in [-0.4, -0.2) is 28.6 Å². The Morgan fingerprint density at radius 3 is 2.61 bits per heavy atom. The maximum Gasteiger partial charge on any atom is 0.251 e. The van der Waals surface area contributed by atoms with Crippen LogP contribution in [0, 0.1) is 0 Å². The quantitative estimate of drug-likeness (QED) is 0.203. The fraction of sp³-hybridized carbons (Fsp3) is 0.333.